The third-order valence-corrected chi connectivity index (χ3v) is 3.80. The van der Waals surface area contributed by atoms with Gasteiger partial charge in [0.05, 0.1) is 0 Å². The van der Waals surface area contributed by atoms with Crippen LogP contribution in [0, 0.1) is 12.8 Å². The Bertz CT molecular complexity index is 427. The maximum Gasteiger partial charge on any atom is 0.129 e. The van der Waals surface area contributed by atoms with Gasteiger partial charge in [-0.15, -0.1) is 0 Å². The molecular weight excluding hydrogens is 254 g/mol. The van der Waals surface area contributed by atoms with Gasteiger partial charge >= 0.3 is 0 Å². The maximum absolute atomic E-state index is 5.73. The predicted molar refractivity (Wildman–Crippen MR) is 86.8 cm³/mol. The fourth-order valence-corrected chi connectivity index (χ4v) is 2.32. The molecule has 0 saturated carbocycles. The second-order valence-electron chi connectivity index (χ2n) is 4.94. The molecule has 0 amide bonds. The van der Waals surface area contributed by atoms with Gasteiger partial charge in [0, 0.05) is 24.3 Å². The van der Waals surface area contributed by atoms with E-state index in [1.54, 1.807) is 0 Å². The Morgan fingerprint density at radius 1 is 1.32 bits per heavy atom. The van der Waals surface area contributed by atoms with E-state index in [0.29, 0.717) is 10.9 Å². The lowest BCUT2D eigenvalue weighted by molar-refractivity contribution is 0.484. The summed E-state index contributed by atoms with van der Waals surface area (Å²) in [6.45, 7) is 10.6. The van der Waals surface area contributed by atoms with E-state index in [2.05, 4.69) is 30.7 Å². The molecule has 0 radical (unpaired) electrons. The van der Waals surface area contributed by atoms with Gasteiger partial charge in [0.2, 0.25) is 0 Å². The van der Waals surface area contributed by atoms with E-state index < -0.39 is 0 Å². The lowest BCUT2D eigenvalue weighted by atomic mass is 10.0. The summed E-state index contributed by atoms with van der Waals surface area (Å²) in [5.41, 5.74) is 7.60. The van der Waals surface area contributed by atoms with E-state index in [9.17, 15) is 0 Å². The van der Waals surface area contributed by atoms with Crippen molar-refractivity contribution in [2.24, 2.45) is 11.7 Å². The van der Waals surface area contributed by atoms with Crippen LogP contribution in [0.1, 0.15) is 44.9 Å². The molecular formula is C15H25N3S. The first-order valence-electron chi connectivity index (χ1n) is 7.05. The molecule has 19 heavy (non-hydrogen) atoms. The molecule has 1 aromatic rings. The zero-order chi connectivity index (χ0) is 14.4. The normalized spacial score (nSPS) is 10.8. The van der Waals surface area contributed by atoms with Gasteiger partial charge in [-0.3, -0.25) is 0 Å². The summed E-state index contributed by atoms with van der Waals surface area (Å²) >= 11 is 5.07. The molecule has 0 aliphatic rings. The Morgan fingerprint density at radius 2 is 1.95 bits per heavy atom. The van der Waals surface area contributed by atoms with Crippen LogP contribution in [0.4, 0.5) is 5.82 Å². The van der Waals surface area contributed by atoms with Crippen molar-refractivity contribution in [1.29, 1.82) is 0 Å². The van der Waals surface area contributed by atoms with Crippen LogP contribution in [-0.4, -0.2) is 23.1 Å². The fraction of sp³-hybridized carbons (Fsp3) is 0.600. The van der Waals surface area contributed by atoms with Gasteiger partial charge < -0.3 is 10.6 Å². The van der Waals surface area contributed by atoms with Crippen molar-refractivity contribution < 1.29 is 0 Å². The molecule has 1 rings (SSSR count). The molecule has 0 bridgehead atoms. The molecule has 0 saturated heterocycles. The summed E-state index contributed by atoms with van der Waals surface area (Å²) in [7, 11) is 0. The second-order valence-corrected chi connectivity index (χ2v) is 5.38. The fourth-order valence-electron chi connectivity index (χ4n) is 2.20. The first-order valence-corrected chi connectivity index (χ1v) is 7.46. The van der Waals surface area contributed by atoms with Crippen LogP contribution in [0.2, 0.25) is 0 Å². The minimum absolute atomic E-state index is 0.435. The quantitative estimate of drug-likeness (QED) is 0.778. The number of nitrogens with zero attached hydrogens (tertiary/aromatic N) is 2. The molecule has 0 aliphatic carbocycles. The van der Waals surface area contributed by atoms with E-state index in [0.717, 1.165) is 30.2 Å². The number of rotatable bonds is 7. The standard InChI is InChI=1S/C15H25N3S/c1-5-12(6-2)10-18(7-3)14-9-13(15(16)19)8-11(4)17-14/h8-9,12H,5-7,10H2,1-4H3,(H2,16,19). The van der Waals surface area contributed by atoms with Crippen LogP contribution in [0.15, 0.2) is 12.1 Å². The predicted octanol–water partition coefficient (Wildman–Crippen LogP) is 3.29. The molecule has 0 unspecified atom stereocenters. The number of aryl methyl sites for hydroxylation is 1. The van der Waals surface area contributed by atoms with Crippen molar-refractivity contribution in [2.45, 2.75) is 40.5 Å². The average Bonchev–Trinajstić information content (AvgIpc) is 2.39. The van der Waals surface area contributed by atoms with Gasteiger partial charge in [0.15, 0.2) is 0 Å². The highest BCUT2D eigenvalue weighted by Gasteiger charge is 2.13. The number of aromatic nitrogens is 1. The summed E-state index contributed by atoms with van der Waals surface area (Å²) in [5.74, 6) is 1.69. The first-order chi connectivity index (χ1) is 9.01. The Kier molecular flexibility index (Phi) is 6.22. The third-order valence-electron chi connectivity index (χ3n) is 3.56. The van der Waals surface area contributed by atoms with Gasteiger partial charge in [-0.2, -0.15) is 0 Å². The SMILES string of the molecule is CCC(CC)CN(CC)c1cc(C(N)=S)cc(C)n1. The van der Waals surface area contributed by atoms with Crippen LogP contribution in [0.3, 0.4) is 0 Å². The summed E-state index contributed by atoms with van der Waals surface area (Å²) in [6.07, 6.45) is 2.39. The molecule has 106 valence electrons. The number of thiocarbonyl (C=S) groups is 1. The van der Waals surface area contributed by atoms with Gasteiger partial charge in [0.25, 0.3) is 0 Å². The Labute approximate surface area is 122 Å². The van der Waals surface area contributed by atoms with E-state index in [-0.39, 0.29) is 0 Å². The molecule has 2 N–H and O–H groups in total. The summed E-state index contributed by atoms with van der Waals surface area (Å²) in [5, 5.41) is 0. The van der Waals surface area contributed by atoms with Gasteiger partial charge in [-0.05, 0) is 31.9 Å². The number of anilines is 1. The molecule has 0 aromatic carbocycles. The van der Waals surface area contributed by atoms with E-state index in [1.165, 1.54) is 12.8 Å². The second kappa shape index (κ2) is 7.43. The summed E-state index contributed by atoms with van der Waals surface area (Å²) in [4.78, 5) is 7.37. The lowest BCUT2D eigenvalue weighted by Crippen LogP contribution is -2.30. The van der Waals surface area contributed by atoms with Crippen LogP contribution in [0.5, 0.6) is 0 Å². The Balaban J connectivity index is 3.00. The summed E-state index contributed by atoms with van der Waals surface area (Å²) < 4.78 is 0. The van der Waals surface area contributed by atoms with Crippen molar-refractivity contribution in [2.75, 3.05) is 18.0 Å². The van der Waals surface area contributed by atoms with Crippen molar-refractivity contribution in [3.63, 3.8) is 0 Å². The largest absolute Gasteiger partial charge is 0.389 e. The van der Waals surface area contributed by atoms with E-state index in [1.807, 2.05) is 19.1 Å². The van der Waals surface area contributed by atoms with Crippen molar-refractivity contribution in [3.05, 3.63) is 23.4 Å². The lowest BCUT2D eigenvalue weighted by Gasteiger charge is -2.27. The highest BCUT2D eigenvalue weighted by Crippen LogP contribution is 2.18. The van der Waals surface area contributed by atoms with Crippen molar-refractivity contribution in [1.82, 2.24) is 4.98 Å². The zero-order valence-corrected chi connectivity index (χ0v) is 13.3. The molecule has 3 nitrogen and oxygen atoms in total. The average molecular weight is 279 g/mol. The van der Waals surface area contributed by atoms with Crippen molar-refractivity contribution >= 4 is 23.0 Å². The monoisotopic (exact) mass is 279 g/mol. The minimum atomic E-state index is 0.435. The smallest absolute Gasteiger partial charge is 0.129 e. The van der Waals surface area contributed by atoms with Crippen LogP contribution < -0.4 is 10.6 Å². The molecule has 0 atom stereocenters. The molecule has 0 spiro atoms. The highest BCUT2D eigenvalue weighted by atomic mass is 32.1. The number of pyridine rings is 1. The van der Waals surface area contributed by atoms with Gasteiger partial charge in [0.1, 0.15) is 10.8 Å². The van der Waals surface area contributed by atoms with Crippen LogP contribution in [0.25, 0.3) is 0 Å². The molecule has 1 heterocycles. The van der Waals surface area contributed by atoms with Crippen LogP contribution >= 0.6 is 12.2 Å². The van der Waals surface area contributed by atoms with E-state index >= 15 is 0 Å². The summed E-state index contributed by atoms with van der Waals surface area (Å²) in [6, 6.07) is 3.94. The molecule has 1 aromatic heterocycles. The van der Waals surface area contributed by atoms with E-state index in [4.69, 9.17) is 18.0 Å². The third kappa shape index (κ3) is 4.46. The molecule has 0 aliphatic heterocycles. The maximum atomic E-state index is 5.73. The van der Waals surface area contributed by atoms with Crippen molar-refractivity contribution in [3.8, 4) is 0 Å². The highest BCUT2D eigenvalue weighted by molar-refractivity contribution is 7.80. The number of nitrogens with two attached hydrogens (primary N) is 1. The molecule has 0 fully saturated rings. The Morgan fingerprint density at radius 3 is 2.42 bits per heavy atom. The zero-order valence-electron chi connectivity index (χ0n) is 12.4. The topological polar surface area (TPSA) is 42.1 Å². The Hall–Kier alpha value is -1.16. The number of hydrogen-bond acceptors (Lipinski definition) is 3. The molecule has 4 heteroatoms. The number of hydrogen-bond donors (Lipinski definition) is 1. The first kappa shape index (κ1) is 15.9. The van der Waals surface area contributed by atoms with Gasteiger partial charge in [-0.25, -0.2) is 4.98 Å². The van der Waals surface area contributed by atoms with Crippen LogP contribution in [-0.2, 0) is 0 Å². The minimum Gasteiger partial charge on any atom is -0.389 e. The van der Waals surface area contributed by atoms with Gasteiger partial charge in [-0.1, -0.05) is 38.9 Å².